The summed E-state index contributed by atoms with van der Waals surface area (Å²) in [5.41, 5.74) is 0.0264. The number of hydrogen-bond acceptors (Lipinski definition) is 1. The van der Waals surface area contributed by atoms with Gasteiger partial charge in [0.05, 0.1) is 0 Å². The van der Waals surface area contributed by atoms with E-state index >= 15 is 0 Å². The maximum atomic E-state index is 11.3. The normalized spacial score (nSPS) is 8.49. The van der Waals surface area contributed by atoms with E-state index in [0.717, 1.165) is 0 Å². The Kier molecular flexibility index (Phi) is 223. The van der Waals surface area contributed by atoms with Gasteiger partial charge >= 0.3 is 0 Å². The van der Waals surface area contributed by atoms with E-state index in [4.69, 9.17) is 0 Å². The molecule has 0 aliphatic heterocycles. The van der Waals surface area contributed by atoms with Crippen molar-refractivity contribution in [1.82, 2.24) is 0 Å². The van der Waals surface area contributed by atoms with Crippen LogP contribution in [0.15, 0.2) is 48.6 Å². The van der Waals surface area contributed by atoms with Gasteiger partial charge < -0.3 is 17.1 Å². The van der Waals surface area contributed by atoms with Gasteiger partial charge in [0.15, 0.2) is 0 Å². The maximum absolute atomic E-state index is 11.3. The zero-order valence-electron chi connectivity index (χ0n) is 25.1. The predicted molar refractivity (Wildman–Crippen MR) is 103 cm³/mol. The Balaban J connectivity index is -0.0000000202. The minimum atomic E-state index is 0. The molecule has 1 atom stereocenters. The van der Waals surface area contributed by atoms with Crippen molar-refractivity contribution in [3.63, 3.8) is 0 Å². The minimum Gasteiger partial charge on any atom is -0.397 e. The molecule has 39 heavy (non-hydrogen) atoms. The average molecular weight is 1740 g/mol. The van der Waals surface area contributed by atoms with Crippen LogP contribution in [0.3, 0.4) is 0 Å². The molecule has 0 aromatic carbocycles. The molecule has 0 rings (SSSR count). The molecular weight excluding hydrogens is 1700 g/mol. The summed E-state index contributed by atoms with van der Waals surface area (Å²) in [6.45, 7) is 14.5. The second-order valence-electron chi connectivity index (χ2n) is 6.73. The number of carbonyl (C=O) groups is 1. The van der Waals surface area contributed by atoms with Gasteiger partial charge in [-0.15, -0.1) is 26.0 Å². The third kappa shape index (κ3) is 72.1. The molecule has 0 saturated carbocycles. The van der Waals surface area contributed by atoms with E-state index in [2.05, 4.69) is 59.3 Å². The summed E-state index contributed by atoms with van der Waals surface area (Å²) in [5.74, 6) is 3.15. The molecule has 0 aromatic rings. The Hall–Kier alpha value is 16.0. The quantitative estimate of drug-likeness (QED) is 0.188. The van der Waals surface area contributed by atoms with Crippen LogP contribution in [0.2, 0.25) is 0 Å². The van der Waals surface area contributed by atoms with Crippen LogP contribution in [0.25, 0.3) is 0 Å². The molecule has 16 radical (unpaired) electrons. The van der Waals surface area contributed by atoms with Crippen molar-refractivity contribution in [2.24, 2.45) is 11.3 Å². The smallest absolute Gasteiger partial charge is 0.130 e. The van der Waals surface area contributed by atoms with Gasteiger partial charge in [0, 0.05) is 530 Å². The molecule has 0 aromatic heterocycles. The van der Waals surface area contributed by atoms with E-state index in [9.17, 15) is 4.79 Å². The van der Waals surface area contributed by atoms with Gasteiger partial charge in [-0.1, -0.05) is 38.3 Å². The average Bonchev–Trinajstić information content (AvgIpc) is 2.48. The van der Waals surface area contributed by atoms with E-state index in [1.54, 1.807) is 6.92 Å². The Morgan fingerprint density at radius 1 is 0.641 bits per heavy atom. The van der Waals surface area contributed by atoms with Crippen LogP contribution in [0, 0.1) is 29.6 Å². The summed E-state index contributed by atoms with van der Waals surface area (Å²) in [7, 11) is 0. The van der Waals surface area contributed by atoms with Gasteiger partial charge in [-0.05, 0) is 12.8 Å². The fourth-order valence-corrected chi connectivity index (χ4v) is 2.05. The van der Waals surface area contributed by atoms with Crippen LogP contribution >= 0.6 is 0 Å². The third-order valence-electron chi connectivity index (χ3n) is 4.56. The van der Waals surface area contributed by atoms with Crippen molar-refractivity contribution in [2.75, 3.05) is 0 Å². The van der Waals surface area contributed by atoms with Gasteiger partial charge in [-0.3, -0.25) is 6.08 Å². The van der Waals surface area contributed by atoms with Crippen molar-refractivity contribution in [3.05, 3.63) is 66.9 Å². The van der Waals surface area contributed by atoms with Crippen LogP contribution in [-0.2, 0) is 528 Å². The number of rotatable bonds is 10. The monoisotopic (exact) mass is 1740 g/mol. The third-order valence-corrected chi connectivity index (χ3v) is 4.56. The molecule has 17 heteroatoms. The number of carbonyl (C=O) groups excluding carboxylic acids is 1. The van der Waals surface area contributed by atoms with Crippen LogP contribution in [0.5, 0.6) is 0 Å². The van der Waals surface area contributed by atoms with Crippen molar-refractivity contribution in [1.29, 1.82) is 0 Å². The Bertz CT molecular complexity index is 487. The predicted octanol–water partition coefficient (Wildman–Crippen LogP) is 6.23. The summed E-state index contributed by atoms with van der Waals surface area (Å²) in [6.07, 6.45) is 19.1. The standard InChI is InChI=1S/C22H33O.16Y/c1-8-18(2)15-13-11-9-10-12-14-16-19(3)22(6,7)20(4)17-21(5)23;;;;;;;;;;;;;;;;/h8-16,20H,17H2,1-7H3;;;;;;;;;;;;;;;;/q-3;;;;;;;;;;;;;;;;/b11-9+,12-10-,15-13+,16-14+;;;;;;;;;;;;;;;;. The first-order chi connectivity index (χ1) is 10.7. The molecule has 178 valence electrons. The van der Waals surface area contributed by atoms with Gasteiger partial charge in [0.2, 0.25) is 0 Å². The Morgan fingerprint density at radius 2 is 0.923 bits per heavy atom. The molecule has 0 N–H and O–H groups in total. The Labute approximate surface area is 646 Å². The summed E-state index contributed by atoms with van der Waals surface area (Å²) in [4.78, 5) is 11.3. The van der Waals surface area contributed by atoms with E-state index in [1.165, 1.54) is 11.8 Å². The fraction of sp³-hybridized carbons (Fsp3) is 0.455. The first kappa shape index (κ1) is 111. The molecule has 1 nitrogen and oxygen atoms in total. The van der Waals surface area contributed by atoms with Crippen LogP contribution < -0.4 is 0 Å². The van der Waals surface area contributed by atoms with E-state index < -0.39 is 0 Å². The molecule has 0 heterocycles. The summed E-state index contributed by atoms with van der Waals surface area (Å²) in [5, 5.41) is 0. The number of Topliss-reactive ketones (excluding diaryl/α,β-unsaturated/α-hetero) is 1. The maximum Gasteiger partial charge on any atom is 0.130 e. The van der Waals surface area contributed by atoms with Crippen molar-refractivity contribution in [2.45, 2.75) is 54.9 Å². The minimum absolute atomic E-state index is 0. The molecular formula is C22H33OY16-3. The first-order valence-corrected chi connectivity index (χ1v) is 8.36. The van der Waals surface area contributed by atoms with Crippen LogP contribution in [-0.4, -0.2) is 5.78 Å². The van der Waals surface area contributed by atoms with E-state index in [0.29, 0.717) is 12.3 Å². The van der Waals surface area contributed by atoms with E-state index in [-0.39, 0.29) is 535 Å². The van der Waals surface area contributed by atoms with Crippen molar-refractivity contribution in [3.8, 4) is 0 Å². The molecule has 0 bridgehead atoms. The molecule has 0 saturated heterocycles. The summed E-state index contributed by atoms with van der Waals surface area (Å²) in [6, 6.07) is 0. The van der Waals surface area contributed by atoms with Gasteiger partial charge in [0.1, 0.15) is 5.78 Å². The van der Waals surface area contributed by atoms with Gasteiger partial charge in [-0.25, -0.2) is 31.1 Å². The van der Waals surface area contributed by atoms with E-state index in [1.807, 2.05) is 37.3 Å². The second kappa shape index (κ2) is 78.4. The SMILES string of the molecule is C[CH-][C-](C)/C=C/C=C/C=C\C=C\[C-](C)C(C)(C)C(C)CC(C)=O.[Y].[Y].[Y].[Y].[Y].[Y].[Y].[Y].[Y].[Y].[Y].[Y].[Y].[Y].[Y].[Y]. The fourth-order valence-electron chi connectivity index (χ4n) is 2.05. The van der Waals surface area contributed by atoms with Crippen LogP contribution in [0.4, 0.5) is 0 Å². The van der Waals surface area contributed by atoms with Crippen molar-refractivity contribution >= 4 is 5.78 Å². The molecule has 1 unspecified atom stereocenters. The largest absolute Gasteiger partial charge is 0.397 e. The molecule has 0 amide bonds. The summed E-state index contributed by atoms with van der Waals surface area (Å²) < 4.78 is 0. The Morgan fingerprint density at radius 3 is 1.21 bits per heavy atom. The second-order valence-corrected chi connectivity index (χ2v) is 6.73. The van der Waals surface area contributed by atoms with Crippen molar-refractivity contribution < 1.29 is 528 Å². The zero-order chi connectivity index (χ0) is 17.9. The molecule has 0 aliphatic carbocycles. The topological polar surface area (TPSA) is 17.1 Å². The number of allylic oxidation sites excluding steroid dienone is 8. The van der Waals surface area contributed by atoms with Crippen LogP contribution in [0.1, 0.15) is 54.9 Å². The molecule has 0 aliphatic rings. The number of hydrogen-bond donors (Lipinski definition) is 0. The zero-order valence-corrected chi connectivity index (χ0v) is 70.5. The van der Waals surface area contributed by atoms with Gasteiger partial charge in [0.25, 0.3) is 0 Å². The molecule has 0 fully saturated rings. The molecule has 0 spiro atoms. The van der Waals surface area contributed by atoms with Gasteiger partial charge in [-0.2, -0.15) is 0 Å². The summed E-state index contributed by atoms with van der Waals surface area (Å²) >= 11 is 0. The number of ketones is 1. The first-order valence-electron chi connectivity index (χ1n) is 8.36.